The number of halogens is 6. The highest BCUT2D eigenvalue weighted by molar-refractivity contribution is 5.80. The number of carbonyl (C=O) groups is 3. The topological polar surface area (TPSA) is 97.4 Å². The largest absolute Gasteiger partial charge is 0.427 e. The number of likely N-dealkylation sites (N-methyl/N-ethyl adjacent to an activating group) is 1. The molecule has 2 heterocycles. The zero-order chi connectivity index (χ0) is 30.4. The van der Waals surface area contributed by atoms with Crippen LogP contribution in [0.3, 0.4) is 0 Å². The molecule has 0 bridgehead atoms. The third-order valence-corrected chi connectivity index (χ3v) is 7.80. The highest BCUT2D eigenvalue weighted by Crippen LogP contribution is 2.58. The maximum absolute atomic E-state index is 13.3. The number of benzene rings is 1. The van der Waals surface area contributed by atoms with Gasteiger partial charge < -0.3 is 19.5 Å². The van der Waals surface area contributed by atoms with Gasteiger partial charge >= 0.3 is 24.4 Å². The van der Waals surface area contributed by atoms with Crippen molar-refractivity contribution in [2.75, 3.05) is 40.6 Å². The number of esters is 1. The van der Waals surface area contributed by atoms with Crippen molar-refractivity contribution in [3.63, 3.8) is 0 Å². The average Bonchev–Trinajstić information content (AvgIpc) is 3.45. The second-order valence-corrected chi connectivity index (χ2v) is 11.2. The first kappa shape index (κ1) is 30.9. The minimum Gasteiger partial charge on any atom is -0.427 e. The lowest BCUT2D eigenvalue weighted by Gasteiger charge is -2.44. The SMILES string of the molecule is C[C@@H](OC[C@@]12CC1C[C@]1(CCC(=O)N1)CN2C(=O)OCOC(=O)CN(C)C)c1cc(C(F)(F)F)cc(C(F)(F)F)c1. The summed E-state index contributed by atoms with van der Waals surface area (Å²) in [5, 5.41) is 2.92. The van der Waals surface area contributed by atoms with Gasteiger partial charge in [0.25, 0.3) is 0 Å². The third kappa shape index (κ3) is 6.88. The molecule has 3 aliphatic rings. The van der Waals surface area contributed by atoms with E-state index in [1.807, 2.05) is 0 Å². The number of likely N-dealkylation sites (tertiary alicyclic amines) is 1. The summed E-state index contributed by atoms with van der Waals surface area (Å²) in [4.78, 5) is 39.9. The number of alkyl halides is 6. The molecule has 4 atom stereocenters. The van der Waals surface area contributed by atoms with Crippen LogP contribution in [0.4, 0.5) is 31.1 Å². The number of hydrogen-bond donors (Lipinski definition) is 1. The van der Waals surface area contributed by atoms with Crippen molar-refractivity contribution in [3.05, 3.63) is 34.9 Å². The second kappa shape index (κ2) is 11.0. The summed E-state index contributed by atoms with van der Waals surface area (Å²) in [6, 6.07) is 1.27. The number of hydrogen-bond acceptors (Lipinski definition) is 7. The molecule has 1 aromatic rings. The van der Waals surface area contributed by atoms with Crippen LogP contribution in [0.1, 0.15) is 55.4 Å². The molecule has 4 rings (SSSR count). The summed E-state index contributed by atoms with van der Waals surface area (Å²) in [5.74, 6) is -0.964. The van der Waals surface area contributed by atoms with Crippen molar-refractivity contribution in [2.45, 2.75) is 62.1 Å². The van der Waals surface area contributed by atoms with E-state index in [9.17, 15) is 40.7 Å². The maximum atomic E-state index is 13.3. The zero-order valence-corrected chi connectivity index (χ0v) is 22.7. The fraction of sp³-hybridized carbons (Fsp3) is 0.654. The molecule has 1 unspecified atom stereocenters. The Kier molecular flexibility index (Phi) is 8.26. The van der Waals surface area contributed by atoms with E-state index in [1.165, 1.54) is 11.8 Å². The molecule has 1 aromatic carbocycles. The molecular formula is C26H31F6N3O6. The van der Waals surface area contributed by atoms with Crippen molar-refractivity contribution in [1.82, 2.24) is 15.1 Å². The van der Waals surface area contributed by atoms with Crippen LogP contribution in [-0.4, -0.2) is 79.4 Å². The molecular weight excluding hydrogens is 564 g/mol. The fourth-order valence-corrected chi connectivity index (χ4v) is 5.61. The van der Waals surface area contributed by atoms with Gasteiger partial charge in [-0.3, -0.25) is 19.4 Å². The van der Waals surface area contributed by atoms with Gasteiger partial charge in [0.1, 0.15) is 0 Å². The Morgan fingerprint density at radius 1 is 1.07 bits per heavy atom. The van der Waals surface area contributed by atoms with E-state index in [1.54, 1.807) is 19.0 Å². The average molecular weight is 596 g/mol. The van der Waals surface area contributed by atoms with E-state index < -0.39 is 59.5 Å². The summed E-state index contributed by atoms with van der Waals surface area (Å²) in [6.07, 6.45) is -10.4. The molecule has 0 radical (unpaired) electrons. The second-order valence-electron chi connectivity index (χ2n) is 11.2. The van der Waals surface area contributed by atoms with Crippen molar-refractivity contribution in [2.24, 2.45) is 5.92 Å². The van der Waals surface area contributed by atoms with Crippen LogP contribution < -0.4 is 5.32 Å². The molecule has 0 aromatic heterocycles. The van der Waals surface area contributed by atoms with E-state index in [4.69, 9.17) is 14.2 Å². The van der Waals surface area contributed by atoms with Gasteiger partial charge in [0, 0.05) is 13.0 Å². The van der Waals surface area contributed by atoms with Gasteiger partial charge in [-0.25, -0.2) is 4.79 Å². The Hall–Kier alpha value is -3.07. The Bertz CT molecular complexity index is 1160. The molecule has 1 aliphatic carbocycles. The number of piperidine rings is 1. The smallest absolute Gasteiger partial charge is 0.416 e. The summed E-state index contributed by atoms with van der Waals surface area (Å²) in [6.45, 7) is 0.483. The molecule has 1 saturated carbocycles. The van der Waals surface area contributed by atoms with Gasteiger partial charge in [-0.2, -0.15) is 26.3 Å². The van der Waals surface area contributed by atoms with E-state index in [2.05, 4.69) is 5.32 Å². The van der Waals surface area contributed by atoms with E-state index >= 15 is 0 Å². The Labute approximate surface area is 232 Å². The molecule has 2 aliphatic heterocycles. The number of carbonyl (C=O) groups excluding carboxylic acids is 3. The van der Waals surface area contributed by atoms with Gasteiger partial charge in [-0.05, 0) is 70.0 Å². The highest BCUT2D eigenvalue weighted by Gasteiger charge is 2.67. The monoisotopic (exact) mass is 595 g/mol. The Balaban J connectivity index is 1.50. The summed E-state index contributed by atoms with van der Waals surface area (Å²) < 4.78 is 96.0. The number of rotatable bonds is 8. The van der Waals surface area contributed by atoms with E-state index in [0.29, 0.717) is 31.4 Å². The molecule has 1 N–H and O–H groups in total. The summed E-state index contributed by atoms with van der Waals surface area (Å²) in [7, 11) is 3.30. The number of amides is 2. The molecule has 15 heteroatoms. The number of ether oxygens (including phenoxy) is 3. The van der Waals surface area contributed by atoms with Crippen LogP contribution in [0, 0.1) is 5.92 Å². The Morgan fingerprint density at radius 2 is 1.71 bits per heavy atom. The van der Waals surface area contributed by atoms with Crippen molar-refractivity contribution >= 4 is 18.0 Å². The first-order valence-electron chi connectivity index (χ1n) is 12.9. The molecule has 2 amide bonds. The predicted molar refractivity (Wildman–Crippen MR) is 129 cm³/mol. The fourth-order valence-electron chi connectivity index (χ4n) is 5.61. The number of fused-ring (bicyclic) bond motifs is 1. The number of nitrogens with zero attached hydrogens (tertiary/aromatic N) is 2. The standard InChI is InChI=1S/C26H31F6N3O6/c1-15(16-6-17(25(27,28)29)8-18(7-16)26(30,31)32)39-13-24-10-19(24)9-23(5-4-20(36)33-23)12-35(24)22(38)41-14-40-21(37)11-34(2)3/h6-8,15,19H,4-5,9-14H2,1-3H3,(H,33,36)/t15-,19?,23-,24+/m1/s1. The van der Waals surface area contributed by atoms with E-state index in [0.717, 1.165) is 0 Å². The summed E-state index contributed by atoms with van der Waals surface area (Å²) in [5.41, 5.74) is -4.88. The van der Waals surface area contributed by atoms with Crippen LogP contribution in [0.5, 0.6) is 0 Å². The van der Waals surface area contributed by atoms with Crippen LogP contribution in [0.15, 0.2) is 18.2 Å². The van der Waals surface area contributed by atoms with Crippen LogP contribution >= 0.6 is 0 Å². The Morgan fingerprint density at radius 3 is 2.24 bits per heavy atom. The van der Waals surface area contributed by atoms with Gasteiger partial charge in [0.2, 0.25) is 12.7 Å². The molecule has 3 fully saturated rings. The van der Waals surface area contributed by atoms with Crippen molar-refractivity contribution < 1.29 is 54.9 Å². The summed E-state index contributed by atoms with van der Waals surface area (Å²) >= 11 is 0. The van der Waals surface area contributed by atoms with Gasteiger partial charge in [0.15, 0.2) is 0 Å². The predicted octanol–water partition coefficient (Wildman–Crippen LogP) is 4.11. The van der Waals surface area contributed by atoms with Crippen LogP contribution in [-0.2, 0) is 36.2 Å². The molecule has 9 nitrogen and oxygen atoms in total. The zero-order valence-electron chi connectivity index (χ0n) is 22.7. The minimum absolute atomic E-state index is 0.0419. The minimum atomic E-state index is -5.00. The maximum Gasteiger partial charge on any atom is 0.416 e. The highest BCUT2D eigenvalue weighted by atomic mass is 19.4. The molecule has 2 saturated heterocycles. The first-order chi connectivity index (χ1) is 18.9. The quantitative estimate of drug-likeness (QED) is 0.275. The normalized spacial score (nSPS) is 26.5. The van der Waals surface area contributed by atoms with Crippen molar-refractivity contribution in [3.8, 4) is 0 Å². The lowest BCUT2D eigenvalue weighted by molar-refractivity contribution is -0.154. The van der Waals surface area contributed by atoms with Crippen molar-refractivity contribution in [1.29, 1.82) is 0 Å². The lowest BCUT2D eigenvalue weighted by atomic mass is 9.84. The van der Waals surface area contributed by atoms with E-state index in [-0.39, 0.29) is 49.6 Å². The van der Waals surface area contributed by atoms with Gasteiger partial charge in [-0.15, -0.1) is 0 Å². The number of nitrogens with one attached hydrogen (secondary N) is 1. The molecule has 228 valence electrons. The van der Waals surface area contributed by atoms with Crippen LogP contribution in [0.25, 0.3) is 0 Å². The lowest BCUT2D eigenvalue weighted by Crippen LogP contribution is -2.61. The molecule has 41 heavy (non-hydrogen) atoms. The van der Waals surface area contributed by atoms with Gasteiger partial charge in [-0.1, -0.05) is 0 Å². The molecule has 1 spiro atoms. The van der Waals surface area contributed by atoms with Gasteiger partial charge in [0.05, 0.1) is 41.5 Å². The van der Waals surface area contributed by atoms with Crippen LogP contribution in [0.2, 0.25) is 0 Å². The first-order valence-corrected chi connectivity index (χ1v) is 12.9. The third-order valence-electron chi connectivity index (χ3n) is 7.80.